The minimum atomic E-state index is -0.407. The van der Waals surface area contributed by atoms with E-state index in [4.69, 9.17) is 5.11 Å². The average Bonchev–Trinajstić information content (AvgIpc) is 2.93. The Balaban J connectivity index is 1.98. The van der Waals surface area contributed by atoms with Crippen LogP contribution in [0.4, 0.5) is 0 Å². The number of aliphatic hydroxyl groups is 2. The number of aliphatic hydroxyl groups excluding tert-OH is 1. The highest BCUT2D eigenvalue weighted by Crippen LogP contribution is 2.38. The molecule has 1 aromatic carbocycles. The van der Waals surface area contributed by atoms with Gasteiger partial charge in [-0.2, -0.15) is 0 Å². The predicted octanol–water partition coefficient (Wildman–Crippen LogP) is 1.68. The molecule has 2 nitrogen and oxygen atoms in total. The van der Waals surface area contributed by atoms with E-state index in [1.165, 1.54) is 11.1 Å². The highest BCUT2D eigenvalue weighted by molar-refractivity contribution is 5.26. The second-order valence-electron chi connectivity index (χ2n) is 4.55. The smallest absolute Gasteiger partial charge is 0.0690 e. The summed E-state index contributed by atoms with van der Waals surface area (Å²) >= 11 is 0. The molecular weight excluding hydrogens is 188 g/mol. The molecule has 0 heterocycles. The number of hydrogen-bond donors (Lipinski definition) is 2. The maximum atomic E-state index is 9.81. The summed E-state index contributed by atoms with van der Waals surface area (Å²) in [4.78, 5) is 0. The quantitative estimate of drug-likeness (QED) is 0.769. The summed E-state index contributed by atoms with van der Waals surface area (Å²) < 4.78 is 0. The van der Waals surface area contributed by atoms with Gasteiger partial charge in [-0.15, -0.1) is 0 Å². The fourth-order valence-electron chi connectivity index (χ4n) is 1.88. The minimum absolute atomic E-state index is 0.244. The van der Waals surface area contributed by atoms with Crippen molar-refractivity contribution in [2.75, 3.05) is 6.61 Å². The maximum Gasteiger partial charge on any atom is 0.0690 e. The van der Waals surface area contributed by atoms with Crippen LogP contribution >= 0.6 is 0 Å². The van der Waals surface area contributed by atoms with Crippen LogP contribution in [0.2, 0.25) is 0 Å². The van der Waals surface area contributed by atoms with E-state index in [1.54, 1.807) is 0 Å². The lowest BCUT2D eigenvalue weighted by atomic mass is 10.0. The molecule has 1 aliphatic carbocycles. The van der Waals surface area contributed by atoms with Crippen molar-refractivity contribution in [3.8, 4) is 0 Å². The Bertz CT molecular complexity index is 329. The second-order valence-corrected chi connectivity index (χ2v) is 4.55. The van der Waals surface area contributed by atoms with Crippen LogP contribution in [-0.2, 0) is 12.8 Å². The summed E-state index contributed by atoms with van der Waals surface area (Å²) in [5, 5.41) is 18.6. The molecule has 2 heteroatoms. The molecule has 0 aliphatic heterocycles. The molecular formula is C13H18O2. The molecule has 0 unspecified atom stereocenters. The Hall–Kier alpha value is -0.860. The van der Waals surface area contributed by atoms with E-state index in [-0.39, 0.29) is 6.61 Å². The first-order valence-corrected chi connectivity index (χ1v) is 5.63. The van der Waals surface area contributed by atoms with Gasteiger partial charge in [0.2, 0.25) is 0 Å². The Morgan fingerprint density at radius 2 is 1.93 bits per heavy atom. The fraction of sp³-hybridized carbons (Fsp3) is 0.538. The zero-order valence-electron chi connectivity index (χ0n) is 8.95. The predicted molar refractivity (Wildman–Crippen MR) is 59.7 cm³/mol. The summed E-state index contributed by atoms with van der Waals surface area (Å²) in [7, 11) is 0. The Morgan fingerprint density at radius 3 is 2.60 bits per heavy atom. The van der Waals surface area contributed by atoms with Crippen molar-refractivity contribution in [2.24, 2.45) is 0 Å². The normalized spacial score (nSPS) is 17.7. The zero-order valence-corrected chi connectivity index (χ0v) is 8.95. The SMILES string of the molecule is OCCCc1cccc(CC2(O)CC2)c1. The molecule has 0 atom stereocenters. The number of benzene rings is 1. The van der Waals surface area contributed by atoms with Gasteiger partial charge in [-0.25, -0.2) is 0 Å². The van der Waals surface area contributed by atoms with Crippen molar-refractivity contribution >= 4 is 0 Å². The third-order valence-corrected chi connectivity index (χ3v) is 2.98. The average molecular weight is 206 g/mol. The highest BCUT2D eigenvalue weighted by Gasteiger charge is 2.39. The van der Waals surface area contributed by atoms with Crippen molar-refractivity contribution in [1.82, 2.24) is 0 Å². The van der Waals surface area contributed by atoms with Gasteiger partial charge < -0.3 is 10.2 Å². The molecule has 15 heavy (non-hydrogen) atoms. The van der Waals surface area contributed by atoms with E-state index in [2.05, 4.69) is 18.2 Å². The van der Waals surface area contributed by atoms with Gasteiger partial charge in [0.25, 0.3) is 0 Å². The maximum absolute atomic E-state index is 9.81. The molecule has 1 fully saturated rings. The lowest BCUT2D eigenvalue weighted by molar-refractivity contribution is 0.151. The largest absolute Gasteiger partial charge is 0.396 e. The van der Waals surface area contributed by atoms with E-state index in [9.17, 15) is 5.11 Å². The summed E-state index contributed by atoms with van der Waals surface area (Å²) in [5.74, 6) is 0. The molecule has 2 N–H and O–H groups in total. The molecule has 0 saturated heterocycles. The molecule has 1 aliphatic rings. The zero-order chi connectivity index (χ0) is 10.7. The first kappa shape index (κ1) is 10.7. The van der Waals surface area contributed by atoms with Gasteiger partial charge in [-0.1, -0.05) is 24.3 Å². The molecule has 0 aromatic heterocycles. The first-order valence-electron chi connectivity index (χ1n) is 5.63. The number of rotatable bonds is 5. The molecule has 82 valence electrons. The number of hydrogen-bond acceptors (Lipinski definition) is 2. The van der Waals surface area contributed by atoms with E-state index < -0.39 is 5.60 Å². The van der Waals surface area contributed by atoms with Crippen molar-refractivity contribution in [1.29, 1.82) is 0 Å². The third kappa shape index (κ3) is 3.05. The topological polar surface area (TPSA) is 40.5 Å². The summed E-state index contributed by atoms with van der Waals surface area (Å²) in [6.07, 6.45) is 4.39. The standard InChI is InChI=1S/C13H18O2/c14-8-2-5-11-3-1-4-12(9-11)10-13(15)6-7-13/h1,3-4,9,14-15H,2,5-8,10H2. The second kappa shape index (κ2) is 4.33. The minimum Gasteiger partial charge on any atom is -0.396 e. The van der Waals surface area contributed by atoms with Gasteiger partial charge in [-0.05, 0) is 36.8 Å². The van der Waals surface area contributed by atoms with Crippen LogP contribution in [-0.4, -0.2) is 22.4 Å². The summed E-state index contributed by atoms with van der Waals surface area (Å²) in [6.45, 7) is 0.244. The van der Waals surface area contributed by atoms with Crippen LogP contribution in [0.25, 0.3) is 0 Å². The van der Waals surface area contributed by atoms with Crippen molar-refractivity contribution in [3.63, 3.8) is 0 Å². The van der Waals surface area contributed by atoms with Gasteiger partial charge in [0.1, 0.15) is 0 Å². The number of aryl methyl sites for hydroxylation is 1. The molecule has 0 spiro atoms. The molecule has 1 aromatic rings. The van der Waals surface area contributed by atoms with Gasteiger partial charge in [0.15, 0.2) is 0 Å². The molecule has 0 bridgehead atoms. The fourth-order valence-corrected chi connectivity index (χ4v) is 1.88. The van der Waals surface area contributed by atoms with Crippen molar-refractivity contribution < 1.29 is 10.2 Å². The monoisotopic (exact) mass is 206 g/mol. The molecule has 0 amide bonds. The van der Waals surface area contributed by atoms with Crippen LogP contribution in [0.5, 0.6) is 0 Å². The third-order valence-electron chi connectivity index (χ3n) is 2.98. The van der Waals surface area contributed by atoms with E-state index in [0.29, 0.717) is 0 Å². The highest BCUT2D eigenvalue weighted by atomic mass is 16.3. The van der Waals surface area contributed by atoms with Crippen molar-refractivity contribution in [2.45, 2.75) is 37.7 Å². The van der Waals surface area contributed by atoms with E-state index in [1.807, 2.05) is 6.07 Å². The van der Waals surface area contributed by atoms with Crippen LogP contribution in [0.15, 0.2) is 24.3 Å². The van der Waals surface area contributed by atoms with Crippen LogP contribution in [0.1, 0.15) is 30.4 Å². The van der Waals surface area contributed by atoms with Crippen LogP contribution in [0, 0.1) is 0 Å². The Labute approximate surface area is 90.6 Å². The Morgan fingerprint density at radius 1 is 1.20 bits per heavy atom. The first-order chi connectivity index (χ1) is 7.22. The van der Waals surface area contributed by atoms with Gasteiger partial charge in [0.05, 0.1) is 5.60 Å². The lowest BCUT2D eigenvalue weighted by Gasteiger charge is -2.08. The van der Waals surface area contributed by atoms with E-state index >= 15 is 0 Å². The summed E-state index contributed by atoms with van der Waals surface area (Å²) in [6, 6.07) is 8.33. The molecule has 1 saturated carbocycles. The molecule has 0 radical (unpaired) electrons. The van der Waals surface area contributed by atoms with Gasteiger partial charge >= 0.3 is 0 Å². The Kier molecular flexibility index (Phi) is 3.08. The van der Waals surface area contributed by atoms with E-state index in [0.717, 1.165) is 32.1 Å². The van der Waals surface area contributed by atoms with Crippen molar-refractivity contribution in [3.05, 3.63) is 35.4 Å². The van der Waals surface area contributed by atoms with Crippen LogP contribution < -0.4 is 0 Å². The van der Waals surface area contributed by atoms with Gasteiger partial charge in [-0.3, -0.25) is 0 Å². The van der Waals surface area contributed by atoms with Gasteiger partial charge in [0, 0.05) is 13.0 Å². The lowest BCUT2D eigenvalue weighted by Crippen LogP contribution is -2.10. The summed E-state index contributed by atoms with van der Waals surface area (Å²) in [5.41, 5.74) is 2.06. The van der Waals surface area contributed by atoms with Crippen LogP contribution in [0.3, 0.4) is 0 Å². The molecule has 2 rings (SSSR count).